The predicted molar refractivity (Wildman–Crippen MR) is 116 cm³/mol. The van der Waals surface area contributed by atoms with Crippen LogP contribution in [0.1, 0.15) is 33.7 Å². The number of hydrogen-bond acceptors (Lipinski definition) is 4. The van der Waals surface area contributed by atoms with Crippen LogP contribution in [-0.4, -0.2) is 25.4 Å². The fourth-order valence-electron chi connectivity index (χ4n) is 4.45. The molecule has 1 aliphatic carbocycles. The van der Waals surface area contributed by atoms with Gasteiger partial charge >= 0.3 is 0 Å². The zero-order valence-corrected chi connectivity index (χ0v) is 16.3. The van der Waals surface area contributed by atoms with Crippen LogP contribution in [0.5, 0.6) is 23.0 Å². The van der Waals surface area contributed by atoms with E-state index in [2.05, 4.69) is 29.3 Å². The smallest absolute Gasteiger partial charge is 0.200 e. The molecular weight excluding hydrogens is 378 g/mol. The number of allylic oxidation sites excluding steroid dienone is 2. The zero-order valence-electron chi connectivity index (χ0n) is 16.3. The predicted octanol–water partition coefficient (Wildman–Crippen LogP) is 5.07. The Balaban J connectivity index is 1.76. The van der Waals surface area contributed by atoms with Gasteiger partial charge in [-0.25, -0.2) is 0 Å². The maximum atomic E-state index is 10.2. The van der Waals surface area contributed by atoms with Crippen molar-refractivity contribution in [3.05, 3.63) is 88.6 Å². The van der Waals surface area contributed by atoms with E-state index in [1.54, 1.807) is 12.1 Å². The molecule has 0 fully saturated rings. The summed E-state index contributed by atoms with van der Waals surface area (Å²) in [5, 5.41) is 41.1. The maximum Gasteiger partial charge on any atom is 0.200 e. The highest BCUT2D eigenvalue weighted by Crippen LogP contribution is 2.48. The summed E-state index contributed by atoms with van der Waals surface area (Å²) in [4.78, 5) is 3.33. The molecule has 1 unspecified atom stereocenters. The number of benzene rings is 3. The monoisotopic (exact) mass is 399 g/mol. The SMILES string of the molecule is Cc1ccc2c(C(C3=CCc4cc(O)ccc43)c3cc(O)c(O)c(O)c3)c[nH]c2c1. The molecule has 5 N–H and O–H groups in total. The fourth-order valence-corrected chi connectivity index (χ4v) is 4.45. The number of fused-ring (bicyclic) bond motifs is 2. The number of phenols is 4. The molecular formula is C25H21NO4. The van der Waals surface area contributed by atoms with Crippen LogP contribution in [0.3, 0.4) is 0 Å². The maximum absolute atomic E-state index is 10.2. The first-order chi connectivity index (χ1) is 14.4. The highest BCUT2D eigenvalue weighted by molar-refractivity contribution is 5.90. The number of aromatic nitrogens is 1. The largest absolute Gasteiger partial charge is 0.508 e. The number of nitrogens with one attached hydrogen (secondary N) is 1. The van der Waals surface area contributed by atoms with Gasteiger partial charge in [-0.1, -0.05) is 24.3 Å². The molecule has 0 bridgehead atoms. The van der Waals surface area contributed by atoms with Gasteiger partial charge in [-0.15, -0.1) is 0 Å². The minimum absolute atomic E-state index is 0.224. The van der Waals surface area contributed by atoms with E-state index in [1.165, 1.54) is 12.1 Å². The summed E-state index contributed by atoms with van der Waals surface area (Å²) in [5.41, 5.74) is 6.89. The minimum Gasteiger partial charge on any atom is -0.508 e. The molecule has 0 saturated carbocycles. The van der Waals surface area contributed by atoms with Gasteiger partial charge in [0.2, 0.25) is 0 Å². The van der Waals surface area contributed by atoms with Crippen molar-refractivity contribution >= 4 is 16.5 Å². The summed E-state index contributed by atoms with van der Waals surface area (Å²) in [6.07, 6.45) is 4.75. The molecule has 1 heterocycles. The van der Waals surface area contributed by atoms with Crippen molar-refractivity contribution in [1.82, 2.24) is 4.98 Å². The van der Waals surface area contributed by atoms with Crippen molar-refractivity contribution in [2.45, 2.75) is 19.3 Å². The number of rotatable bonds is 3. The normalized spacial score (nSPS) is 14.0. The Labute approximate surface area is 173 Å². The lowest BCUT2D eigenvalue weighted by Gasteiger charge is -2.21. The highest BCUT2D eigenvalue weighted by atomic mass is 16.3. The molecule has 30 heavy (non-hydrogen) atoms. The van der Waals surface area contributed by atoms with Gasteiger partial charge in [-0.3, -0.25) is 0 Å². The molecule has 1 aromatic heterocycles. The second-order valence-corrected chi connectivity index (χ2v) is 7.84. The Morgan fingerprint density at radius 2 is 1.67 bits per heavy atom. The quantitative estimate of drug-likeness (QED) is 0.311. The fraction of sp³-hybridized carbons (Fsp3) is 0.120. The Bertz CT molecular complexity index is 1310. The van der Waals surface area contributed by atoms with Crippen LogP contribution in [0.2, 0.25) is 0 Å². The molecule has 5 rings (SSSR count). The van der Waals surface area contributed by atoms with Crippen molar-refractivity contribution in [2.24, 2.45) is 0 Å². The van der Waals surface area contributed by atoms with Crippen LogP contribution in [0.15, 0.2) is 60.8 Å². The highest BCUT2D eigenvalue weighted by Gasteiger charge is 2.29. The second-order valence-electron chi connectivity index (χ2n) is 7.84. The van der Waals surface area contributed by atoms with Gasteiger partial charge < -0.3 is 25.4 Å². The van der Waals surface area contributed by atoms with Crippen LogP contribution >= 0.6 is 0 Å². The molecule has 1 aliphatic rings. The minimum atomic E-state index is -0.530. The van der Waals surface area contributed by atoms with E-state index in [4.69, 9.17) is 0 Å². The van der Waals surface area contributed by atoms with Crippen LogP contribution in [0.4, 0.5) is 0 Å². The third kappa shape index (κ3) is 2.78. The first-order valence-electron chi connectivity index (χ1n) is 9.77. The lowest BCUT2D eigenvalue weighted by Crippen LogP contribution is -2.03. The van der Waals surface area contributed by atoms with E-state index in [0.29, 0.717) is 12.0 Å². The number of H-pyrrole nitrogens is 1. The number of phenolic OH excluding ortho intramolecular Hbond substituents is 4. The van der Waals surface area contributed by atoms with Crippen molar-refractivity contribution in [3.8, 4) is 23.0 Å². The molecule has 5 nitrogen and oxygen atoms in total. The van der Waals surface area contributed by atoms with E-state index < -0.39 is 5.75 Å². The first kappa shape index (κ1) is 18.2. The molecule has 4 aromatic rings. The van der Waals surface area contributed by atoms with Gasteiger partial charge in [-0.05, 0) is 77.1 Å². The van der Waals surface area contributed by atoms with Crippen LogP contribution < -0.4 is 0 Å². The Morgan fingerprint density at radius 1 is 0.900 bits per heavy atom. The average molecular weight is 399 g/mol. The van der Waals surface area contributed by atoms with Gasteiger partial charge in [0.1, 0.15) is 5.75 Å². The lowest BCUT2D eigenvalue weighted by molar-refractivity contribution is 0.367. The molecule has 5 heteroatoms. The van der Waals surface area contributed by atoms with Gasteiger partial charge in [0.25, 0.3) is 0 Å². The van der Waals surface area contributed by atoms with Gasteiger partial charge in [-0.2, -0.15) is 0 Å². The number of aromatic amines is 1. The standard InChI is InChI=1S/C25H21NO4/c1-13-2-5-18-20(12-26-21(18)8-13)24(15-10-22(28)25(30)23(29)11-15)19-6-3-14-9-16(27)4-7-17(14)19/h2,4-12,24,26-30H,3H2,1H3. The molecule has 1 atom stereocenters. The van der Waals surface area contributed by atoms with Crippen LogP contribution in [0.25, 0.3) is 16.5 Å². The number of aromatic hydroxyl groups is 4. The van der Waals surface area contributed by atoms with Crippen molar-refractivity contribution < 1.29 is 20.4 Å². The summed E-state index contributed by atoms with van der Waals surface area (Å²) in [5.74, 6) is -1.32. The van der Waals surface area contributed by atoms with Gasteiger partial charge in [0.15, 0.2) is 17.2 Å². The summed E-state index contributed by atoms with van der Waals surface area (Å²) in [6.45, 7) is 2.04. The number of aryl methyl sites for hydroxylation is 1. The summed E-state index contributed by atoms with van der Waals surface area (Å²) in [6, 6.07) is 14.5. The Morgan fingerprint density at radius 3 is 2.43 bits per heavy atom. The summed E-state index contributed by atoms with van der Waals surface area (Å²) >= 11 is 0. The van der Waals surface area contributed by atoms with Gasteiger partial charge in [0.05, 0.1) is 0 Å². The van der Waals surface area contributed by atoms with Crippen LogP contribution in [-0.2, 0) is 6.42 Å². The Kier molecular flexibility index (Phi) is 4.00. The topological polar surface area (TPSA) is 96.7 Å². The van der Waals surface area contributed by atoms with E-state index >= 15 is 0 Å². The molecule has 0 amide bonds. The first-order valence-corrected chi connectivity index (χ1v) is 9.77. The number of hydrogen-bond donors (Lipinski definition) is 5. The molecule has 3 aromatic carbocycles. The van der Waals surface area contributed by atoms with Gasteiger partial charge in [0, 0.05) is 23.0 Å². The molecule has 0 aliphatic heterocycles. The van der Waals surface area contributed by atoms with E-state index in [9.17, 15) is 20.4 Å². The van der Waals surface area contributed by atoms with E-state index in [1.807, 2.05) is 19.2 Å². The second kappa shape index (κ2) is 6.59. The molecule has 0 radical (unpaired) electrons. The summed E-state index contributed by atoms with van der Waals surface area (Å²) in [7, 11) is 0. The molecule has 0 spiro atoms. The van der Waals surface area contributed by atoms with Crippen LogP contribution in [0, 0.1) is 6.92 Å². The molecule has 0 saturated heterocycles. The average Bonchev–Trinajstić information content (AvgIpc) is 3.30. The van der Waals surface area contributed by atoms with Crippen molar-refractivity contribution in [3.63, 3.8) is 0 Å². The lowest BCUT2D eigenvalue weighted by atomic mass is 9.82. The van der Waals surface area contributed by atoms with Crippen molar-refractivity contribution in [1.29, 1.82) is 0 Å². The zero-order chi connectivity index (χ0) is 21.0. The third-order valence-electron chi connectivity index (χ3n) is 5.86. The molecule has 150 valence electrons. The van der Waals surface area contributed by atoms with E-state index in [0.717, 1.165) is 38.7 Å². The van der Waals surface area contributed by atoms with E-state index in [-0.39, 0.29) is 23.2 Å². The van der Waals surface area contributed by atoms with Crippen molar-refractivity contribution in [2.75, 3.05) is 0 Å². The Hall–Kier alpha value is -3.86. The third-order valence-corrected chi connectivity index (χ3v) is 5.86. The summed E-state index contributed by atoms with van der Waals surface area (Å²) < 4.78 is 0.